The summed E-state index contributed by atoms with van der Waals surface area (Å²) >= 11 is 5.85. The molecule has 1 unspecified atom stereocenters. The van der Waals surface area contributed by atoms with E-state index in [2.05, 4.69) is 17.6 Å². The first-order valence-corrected chi connectivity index (χ1v) is 7.11. The Morgan fingerprint density at radius 3 is 2.40 bits per heavy atom. The predicted octanol–water partition coefficient (Wildman–Crippen LogP) is 3.52. The van der Waals surface area contributed by atoms with Crippen LogP contribution in [0.1, 0.15) is 39.3 Å². The van der Waals surface area contributed by atoms with E-state index in [1.165, 1.54) is 0 Å². The van der Waals surface area contributed by atoms with Crippen LogP contribution in [0.3, 0.4) is 0 Å². The zero-order valence-electron chi connectivity index (χ0n) is 12.5. The van der Waals surface area contributed by atoms with Gasteiger partial charge in [0, 0.05) is 24.2 Å². The van der Waals surface area contributed by atoms with E-state index < -0.39 is 11.7 Å². The van der Waals surface area contributed by atoms with E-state index in [0.717, 1.165) is 10.6 Å². The van der Waals surface area contributed by atoms with Gasteiger partial charge < -0.3 is 15.4 Å². The Hall–Kier alpha value is -1.26. The van der Waals surface area contributed by atoms with Crippen molar-refractivity contribution in [2.24, 2.45) is 0 Å². The van der Waals surface area contributed by atoms with Gasteiger partial charge in [0.25, 0.3) is 0 Å². The molecule has 0 aliphatic carbocycles. The molecule has 4 nitrogen and oxygen atoms in total. The Morgan fingerprint density at radius 1 is 1.25 bits per heavy atom. The van der Waals surface area contributed by atoms with Gasteiger partial charge in [-0.1, -0.05) is 23.7 Å². The van der Waals surface area contributed by atoms with Gasteiger partial charge in [0.05, 0.1) is 0 Å². The second kappa shape index (κ2) is 7.50. The first-order valence-electron chi connectivity index (χ1n) is 6.73. The summed E-state index contributed by atoms with van der Waals surface area (Å²) in [5, 5.41) is 6.76. The molecular formula is C15H23ClN2O2. The van der Waals surface area contributed by atoms with E-state index in [9.17, 15) is 4.79 Å². The van der Waals surface area contributed by atoms with E-state index in [-0.39, 0.29) is 6.04 Å². The number of rotatable bonds is 5. The number of nitrogens with one attached hydrogen (secondary N) is 2. The zero-order valence-corrected chi connectivity index (χ0v) is 13.3. The summed E-state index contributed by atoms with van der Waals surface area (Å²) in [7, 11) is 0. The highest BCUT2D eigenvalue weighted by Gasteiger charge is 2.15. The summed E-state index contributed by atoms with van der Waals surface area (Å²) in [5.41, 5.74) is 0.695. The first-order chi connectivity index (χ1) is 9.28. The molecule has 20 heavy (non-hydrogen) atoms. The van der Waals surface area contributed by atoms with Gasteiger partial charge in [-0.25, -0.2) is 4.79 Å². The van der Waals surface area contributed by atoms with Crippen LogP contribution in [0.5, 0.6) is 0 Å². The van der Waals surface area contributed by atoms with Crippen LogP contribution in [0.15, 0.2) is 24.3 Å². The van der Waals surface area contributed by atoms with E-state index in [4.69, 9.17) is 16.3 Å². The zero-order chi connectivity index (χ0) is 15.2. The maximum atomic E-state index is 11.4. The highest BCUT2D eigenvalue weighted by Crippen LogP contribution is 2.15. The van der Waals surface area contributed by atoms with Crippen molar-refractivity contribution in [3.63, 3.8) is 0 Å². The number of amides is 1. The van der Waals surface area contributed by atoms with Gasteiger partial charge >= 0.3 is 6.09 Å². The minimum atomic E-state index is -0.464. The molecule has 5 heteroatoms. The summed E-state index contributed by atoms with van der Waals surface area (Å²) in [5.74, 6) is 0. The van der Waals surface area contributed by atoms with Gasteiger partial charge in [-0.05, 0) is 45.4 Å². The summed E-state index contributed by atoms with van der Waals surface area (Å²) in [6.07, 6.45) is -0.390. The minimum absolute atomic E-state index is 0.202. The minimum Gasteiger partial charge on any atom is -0.444 e. The summed E-state index contributed by atoms with van der Waals surface area (Å²) in [6.45, 7) is 8.78. The van der Waals surface area contributed by atoms with Crippen molar-refractivity contribution < 1.29 is 9.53 Å². The number of hydrogen-bond acceptors (Lipinski definition) is 3. The molecule has 1 aromatic carbocycles. The van der Waals surface area contributed by atoms with Crippen LogP contribution in [-0.4, -0.2) is 24.8 Å². The van der Waals surface area contributed by atoms with Gasteiger partial charge in [-0.2, -0.15) is 0 Å². The molecule has 0 heterocycles. The molecule has 0 saturated heterocycles. The fourth-order valence-electron chi connectivity index (χ4n) is 1.64. The van der Waals surface area contributed by atoms with Crippen LogP contribution in [0.2, 0.25) is 5.02 Å². The number of halogens is 1. The lowest BCUT2D eigenvalue weighted by molar-refractivity contribution is 0.0528. The molecule has 2 N–H and O–H groups in total. The van der Waals surface area contributed by atoms with Crippen molar-refractivity contribution in [3.05, 3.63) is 34.9 Å². The van der Waals surface area contributed by atoms with E-state index in [1.54, 1.807) is 0 Å². The molecule has 0 fully saturated rings. The molecule has 112 valence electrons. The normalized spacial score (nSPS) is 12.8. The molecular weight excluding hydrogens is 276 g/mol. The Balaban J connectivity index is 2.24. The number of carbonyl (C=O) groups excluding carboxylic acids is 1. The highest BCUT2D eigenvalue weighted by atomic mass is 35.5. The second-order valence-corrected chi connectivity index (χ2v) is 6.09. The average Bonchev–Trinajstić information content (AvgIpc) is 2.33. The number of hydrogen-bond donors (Lipinski definition) is 2. The SMILES string of the molecule is CC(NCCNC(=O)OC(C)(C)C)c1ccc(Cl)cc1. The van der Waals surface area contributed by atoms with E-state index >= 15 is 0 Å². The lowest BCUT2D eigenvalue weighted by Gasteiger charge is -2.20. The highest BCUT2D eigenvalue weighted by molar-refractivity contribution is 6.30. The van der Waals surface area contributed by atoms with Crippen LogP contribution >= 0.6 is 11.6 Å². The maximum absolute atomic E-state index is 11.4. The topological polar surface area (TPSA) is 50.4 Å². The van der Waals surface area contributed by atoms with Crippen molar-refractivity contribution in [2.75, 3.05) is 13.1 Å². The molecule has 0 spiro atoms. The average molecular weight is 299 g/mol. The molecule has 0 bridgehead atoms. The van der Waals surface area contributed by atoms with Crippen molar-refractivity contribution in [3.8, 4) is 0 Å². The smallest absolute Gasteiger partial charge is 0.407 e. The lowest BCUT2D eigenvalue weighted by Crippen LogP contribution is -2.36. The summed E-state index contributed by atoms with van der Waals surface area (Å²) in [6, 6.07) is 7.91. The van der Waals surface area contributed by atoms with Crippen LogP contribution in [-0.2, 0) is 4.74 Å². The van der Waals surface area contributed by atoms with Crippen molar-refractivity contribution in [1.29, 1.82) is 0 Å². The van der Waals surface area contributed by atoms with Crippen LogP contribution in [0.25, 0.3) is 0 Å². The third kappa shape index (κ3) is 6.78. The van der Waals surface area contributed by atoms with Crippen LogP contribution < -0.4 is 10.6 Å². The molecule has 0 radical (unpaired) electrons. The Labute approximate surface area is 125 Å². The van der Waals surface area contributed by atoms with Gasteiger partial charge in [0.2, 0.25) is 0 Å². The number of carbonyl (C=O) groups is 1. The summed E-state index contributed by atoms with van der Waals surface area (Å²) in [4.78, 5) is 11.4. The molecule has 0 aliphatic heterocycles. The fourth-order valence-corrected chi connectivity index (χ4v) is 1.76. The standard InChI is InChI=1S/C15H23ClN2O2/c1-11(12-5-7-13(16)8-6-12)17-9-10-18-14(19)20-15(2,3)4/h5-8,11,17H,9-10H2,1-4H3,(H,18,19). The van der Waals surface area contributed by atoms with Gasteiger partial charge in [0.15, 0.2) is 0 Å². The monoisotopic (exact) mass is 298 g/mol. The molecule has 1 rings (SSSR count). The van der Waals surface area contributed by atoms with Crippen LogP contribution in [0, 0.1) is 0 Å². The molecule has 1 atom stereocenters. The Bertz CT molecular complexity index is 426. The van der Waals surface area contributed by atoms with E-state index in [0.29, 0.717) is 13.1 Å². The first kappa shape index (κ1) is 16.8. The van der Waals surface area contributed by atoms with Crippen molar-refractivity contribution in [2.45, 2.75) is 39.3 Å². The molecule has 0 aromatic heterocycles. The van der Waals surface area contributed by atoms with Crippen LogP contribution in [0.4, 0.5) is 4.79 Å². The van der Waals surface area contributed by atoms with E-state index in [1.807, 2.05) is 45.0 Å². The molecule has 0 aliphatic rings. The number of benzene rings is 1. The second-order valence-electron chi connectivity index (χ2n) is 5.66. The van der Waals surface area contributed by atoms with Gasteiger partial charge in [-0.15, -0.1) is 0 Å². The quantitative estimate of drug-likeness (QED) is 0.818. The Morgan fingerprint density at radius 2 is 1.85 bits per heavy atom. The van der Waals surface area contributed by atoms with Gasteiger partial charge in [-0.3, -0.25) is 0 Å². The van der Waals surface area contributed by atoms with Crippen molar-refractivity contribution >= 4 is 17.7 Å². The summed E-state index contributed by atoms with van der Waals surface area (Å²) < 4.78 is 5.15. The number of alkyl carbamates (subject to hydrolysis) is 1. The lowest BCUT2D eigenvalue weighted by atomic mass is 10.1. The third-order valence-electron chi connectivity index (χ3n) is 2.61. The predicted molar refractivity (Wildman–Crippen MR) is 82.1 cm³/mol. The Kier molecular flexibility index (Phi) is 6.30. The maximum Gasteiger partial charge on any atom is 0.407 e. The third-order valence-corrected chi connectivity index (χ3v) is 2.87. The fraction of sp³-hybridized carbons (Fsp3) is 0.533. The largest absolute Gasteiger partial charge is 0.444 e. The number of ether oxygens (including phenoxy) is 1. The van der Waals surface area contributed by atoms with Gasteiger partial charge in [0.1, 0.15) is 5.60 Å². The van der Waals surface area contributed by atoms with Crippen molar-refractivity contribution in [1.82, 2.24) is 10.6 Å². The molecule has 0 saturated carbocycles. The molecule has 1 amide bonds. The molecule has 1 aromatic rings.